The summed E-state index contributed by atoms with van der Waals surface area (Å²) in [5.74, 6) is 0.120. The van der Waals surface area contributed by atoms with Crippen LogP contribution in [0.25, 0.3) is 0 Å². The van der Waals surface area contributed by atoms with E-state index < -0.39 is 10.8 Å². The molecule has 0 bridgehead atoms. The normalized spacial score (nSPS) is 31.9. The van der Waals surface area contributed by atoms with Gasteiger partial charge in [-0.05, 0) is 44.9 Å². The number of rotatable bonds is 2. The highest BCUT2D eigenvalue weighted by molar-refractivity contribution is 5.89. The van der Waals surface area contributed by atoms with Gasteiger partial charge in [-0.2, -0.15) is 5.26 Å². The van der Waals surface area contributed by atoms with Crippen LogP contribution in [0.4, 0.5) is 0 Å². The lowest BCUT2D eigenvalue weighted by Crippen LogP contribution is -2.55. The average molecular weight is 375 g/mol. The van der Waals surface area contributed by atoms with Crippen LogP contribution in [0.5, 0.6) is 0 Å². The van der Waals surface area contributed by atoms with E-state index in [4.69, 9.17) is 9.47 Å². The highest BCUT2D eigenvalue weighted by atomic mass is 16.5. The molecule has 0 radical (unpaired) electrons. The molecule has 4 aliphatic heterocycles. The third-order valence-corrected chi connectivity index (χ3v) is 7.01. The van der Waals surface area contributed by atoms with Crippen molar-refractivity contribution in [3.63, 3.8) is 0 Å². The fourth-order valence-electron chi connectivity index (χ4n) is 5.27. The molecule has 2 amide bonds. The lowest BCUT2D eigenvalue weighted by molar-refractivity contribution is -0.151. The van der Waals surface area contributed by atoms with Crippen LogP contribution in [-0.2, 0) is 19.1 Å². The second kappa shape index (κ2) is 7.40. The molecule has 4 fully saturated rings. The summed E-state index contributed by atoms with van der Waals surface area (Å²) in [7, 11) is 0. The Morgan fingerprint density at radius 3 is 2.44 bits per heavy atom. The number of likely N-dealkylation sites (tertiary alicyclic amines) is 2. The number of hydrogen-bond donors (Lipinski definition) is 0. The first-order chi connectivity index (χ1) is 13.1. The van der Waals surface area contributed by atoms with Crippen molar-refractivity contribution in [3.8, 4) is 6.07 Å². The van der Waals surface area contributed by atoms with E-state index in [1.807, 2.05) is 0 Å². The van der Waals surface area contributed by atoms with Crippen molar-refractivity contribution < 1.29 is 19.1 Å². The second-order valence-corrected chi connectivity index (χ2v) is 8.51. The Hall–Kier alpha value is -1.65. The van der Waals surface area contributed by atoms with E-state index in [1.54, 1.807) is 4.90 Å². The number of carbonyl (C=O) groups excluding carboxylic acids is 2. The van der Waals surface area contributed by atoms with Crippen molar-refractivity contribution in [2.24, 2.45) is 10.8 Å². The van der Waals surface area contributed by atoms with Crippen molar-refractivity contribution in [3.05, 3.63) is 0 Å². The molecule has 4 heterocycles. The Morgan fingerprint density at radius 2 is 1.74 bits per heavy atom. The first kappa shape index (κ1) is 18.7. The summed E-state index contributed by atoms with van der Waals surface area (Å²) in [6.07, 6.45) is 5.27. The first-order valence-corrected chi connectivity index (χ1v) is 10.3. The average Bonchev–Trinajstić information content (AvgIpc) is 3.15. The summed E-state index contributed by atoms with van der Waals surface area (Å²) >= 11 is 0. The van der Waals surface area contributed by atoms with E-state index >= 15 is 0 Å². The van der Waals surface area contributed by atoms with Gasteiger partial charge in [0.25, 0.3) is 0 Å². The van der Waals surface area contributed by atoms with E-state index in [-0.39, 0.29) is 17.9 Å². The Balaban J connectivity index is 1.48. The molecule has 1 atom stereocenters. The number of carbonyl (C=O) groups is 2. The van der Waals surface area contributed by atoms with Crippen LogP contribution in [0.1, 0.15) is 44.9 Å². The molecule has 0 aromatic rings. The van der Waals surface area contributed by atoms with E-state index in [2.05, 4.69) is 11.0 Å². The number of nitriles is 1. The summed E-state index contributed by atoms with van der Waals surface area (Å²) in [6, 6.07) is 2.55. The van der Waals surface area contributed by atoms with Gasteiger partial charge >= 0.3 is 0 Å². The molecular weight excluding hydrogens is 346 g/mol. The molecule has 27 heavy (non-hydrogen) atoms. The van der Waals surface area contributed by atoms with Crippen LogP contribution in [-0.4, -0.2) is 73.7 Å². The molecule has 1 spiro atoms. The smallest absolute Gasteiger partial charge is 0.243 e. The molecule has 7 nitrogen and oxygen atoms in total. The fraction of sp³-hybridized carbons (Fsp3) is 0.850. The van der Waals surface area contributed by atoms with Crippen LogP contribution in [0.3, 0.4) is 0 Å². The minimum atomic E-state index is -0.970. The van der Waals surface area contributed by atoms with Gasteiger partial charge in [0.1, 0.15) is 5.41 Å². The number of piperidine rings is 1. The van der Waals surface area contributed by atoms with E-state index in [9.17, 15) is 14.9 Å². The zero-order valence-corrected chi connectivity index (χ0v) is 16.0. The molecule has 0 aromatic heterocycles. The number of hydrogen-bond acceptors (Lipinski definition) is 5. The SMILES string of the molecule is N#CC1(C(=O)N2CC[C@]3(CCCN(C4CCOCC4)C3=O)C2)CCOCC1. The minimum absolute atomic E-state index is 0.0961. The predicted molar refractivity (Wildman–Crippen MR) is 96.5 cm³/mol. The highest BCUT2D eigenvalue weighted by Crippen LogP contribution is 2.43. The summed E-state index contributed by atoms with van der Waals surface area (Å²) < 4.78 is 10.8. The van der Waals surface area contributed by atoms with Gasteiger partial charge in [0.05, 0.1) is 11.5 Å². The maximum Gasteiger partial charge on any atom is 0.243 e. The zero-order valence-electron chi connectivity index (χ0n) is 16.0. The Kier molecular flexibility index (Phi) is 5.13. The molecule has 0 aliphatic carbocycles. The van der Waals surface area contributed by atoms with Gasteiger partial charge in [0.15, 0.2) is 0 Å². The van der Waals surface area contributed by atoms with Crippen LogP contribution in [0.2, 0.25) is 0 Å². The second-order valence-electron chi connectivity index (χ2n) is 8.51. The molecule has 0 N–H and O–H groups in total. The van der Waals surface area contributed by atoms with Crippen molar-refractivity contribution in [2.45, 2.75) is 51.0 Å². The van der Waals surface area contributed by atoms with Gasteiger partial charge in [0.2, 0.25) is 11.8 Å². The third kappa shape index (κ3) is 3.23. The molecule has 7 heteroatoms. The largest absolute Gasteiger partial charge is 0.381 e. The molecule has 4 rings (SSSR count). The van der Waals surface area contributed by atoms with Crippen molar-refractivity contribution in [1.82, 2.24) is 9.80 Å². The quantitative estimate of drug-likeness (QED) is 0.727. The molecule has 0 unspecified atom stereocenters. The Morgan fingerprint density at radius 1 is 1.04 bits per heavy atom. The lowest BCUT2D eigenvalue weighted by atomic mass is 9.77. The van der Waals surface area contributed by atoms with Gasteiger partial charge in [-0.25, -0.2) is 0 Å². The minimum Gasteiger partial charge on any atom is -0.381 e. The molecule has 4 saturated heterocycles. The number of amides is 2. The maximum absolute atomic E-state index is 13.4. The topological polar surface area (TPSA) is 82.9 Å². The summed E-state index contributed by atoms with van der Waals surface area (Å²) in [5.41, 5.74) is -1.42. The Bertz CT molecular complexity index is 634. The van der Waals surface area contributed by atoms with Crippen LogP contribution in [0.15, 0.2) is 0 Å². The van der Waals surface area contributed by atoms with Crippen LogP contribution in [0, 0.1) is 22.2 Å². The molecule has 0 saturated carbocycles. The third-order valence-electron chi connectivity index (χ3n) is 7.01. The van der Waals surface area contributed by atoms with Crippen LogP contribution < -0.4 is 0 Å². The highest BCUT2D eigenvalue weighted by Gasteiger charge is 2.53. The van der Waals surface area contributed by atoms with E-state index in [0.29, 0.717) is 39.1 Å². The lowest BCUT2D eigenvalue weighted by Gasteiger charge is -2.44. The van der Waals surface area contributed by atoms with Crippen molar-refractivity contribution >= 4 is 11.8 Å². The molecule has 0 aromatic carbocycles. The van der Waals surface area contributed by atoms with Gasteiger partial charge in [0, 0.05) is 52.1 Å². The summed E-state index contributed by atoms with van der Waals surface area (Å²) in [4.78, 5) is 30.4. The summed E-state index contributed by atoms with van der Waals surface area (Å²) in [5, 5.41) is 9.70. The number of nitrogens with zero attached hydrogens (tertiary/aromatic N) is 3. The van der Waals surface area contributed by atoms with Crippen LogP contribution >= 0.6 is 0 Å². The van der Waals surface area contributed by atoms with Gasteiger partial charge in [-0.3, -0.25) is 9.59 Å². The zero-order chi connectivity index (χ0) is 18.9. The van der Waals surface area contributed by atoms with Gasteiger partial charge in [-0.1, -0.05) is 0 Å². The van der Waals surface area contributed by atoms with E-state index in [0.717, 1.165) is 51.9 Å². The number of ether oxygens (including phenoxy) is 2. The van der Waals surface area contributed by atoms with Crippen molar-refractivity contribution in [1.29, 1.82) is 5.26 Å². The summed E-state index contributed by atoms with van der Waals surface area (Å²) in [6.45, 7) is 4.21. The van der Waals surface area contributed by atoms with E-state index in [1.165, 1.54) is 0 Å². The molecular formula is C20H29N3O4. The van der Waals surface area contributed by atoms with Crippen molar-refractivity contribution in [2.75, 3.05) is 46.1 Å². The monoisotopic (exact) mass is 375 g/mol. The molecule has 148 valence electrons. The molecule has 4 aliphatic rings. The predicted octanol–water partition coefficient (Wildman–Crippen LogP) is 1.33. The van der Waals surface area contributed by atoms with Gasteiger partial charge < -0.3 is 19.3 Å². The standard InChI is InChI=1S/C20H29N3O4/c21-14-19(6-12-27-13-7-19)17(24)22-9-5-20(15-22)4-1-8-23(18(20)25)16-2-10-26-11-3-16/h16H,1-13,15H2/t20-/m1/s1. The van der Waals surface area contributed by atoms with Gasteiger partial charge in [-0.15, -0.1) is 0 Å². The Labute approximate surface area is 160 Å². The maximum atomic E-state index is 13.4. The first-order valence-electron chi connectivity index (χ1n) is 10.3. The fourth-order valence-corrected chi connectivity index (χ4v) is 5.27.